The Morgan fingerprint density at radius 3 is 2.87 bits per heavy atom. The van der Waals surface area contributed by atoms with Gasteiger partial charge in [-0.2, -0.15) is 0 Å². The molecule has 84 valence electrons. The molecule has 0 aromatic heterocycles. The lowest BCUT2D eigenvalue weighted by Crippen LogP contribution is -2.12. The molecule has 15 heavy (non-hydrogen) atoms. The van der Waals surface area contributed by atoms with Crippen molar-refractivity contribution in [2.45, 2.75) is 12.5 Å². The number of hydrogen-bond donors (Lipinski definition) is 2. The zero-order chi connectivity index (χ0) is 11.3. The van der Waals surface area contributed by atoms with Gasteiger partial charge in [-0.25, -0.2) is 0 Å². The number of aliphatic hydroxyl groups excluding tert-OH is 1. The first-order chi connectivity index (χ1) is 7.19. The molecule has 0 aliphatic rings. The maximum absolute atomic E-state index is 9.91. The van der Waals surface area contributed by atoms with Crippen LogP contribution in [0.2, 0.25) is 5.02 Å². The lowest BCUT2D eigenvalue weighted by Gasteiger charge is -2.14. The topological polar surface area (TPSA) is 41.5 Å². The molecule has 1 rings (SSSR count). The van der Waals surface area contributed by atoms with Gasteiger partial charge in [0.1, 0.15) is 5.75 Å². The van der Waals surface area contributed by atoms with Crippen LogP contribution in [-0.4, -0.2) is 25.8 Å². The van der Waals surface area contributed by atoms with Crippen LogP contribution in [0.4, 0.5) is 0 Å². The van der Waals surface area contributed by atoms with E-state index < -0.39 is 6.10 Å². The molecule has 0 aliphatic carbocycles. The minimum Gasteiger partial charge on any atom is -0.496 e. The van der Waals surface area contributed by atoms with Gasteiger partial charge >= 0.3 is 0 Å². The molecule has 0 heterocycles. The number of aliphatic hydroxyl groups is 1. The van der Waals surface area contributed by atoms with Crippen LogP contribution in [0, 0.1) is 0 Å². The predicted octanol–water partition coefficient (Wildman–Crippen LogP) is 1.99. The Hall–Kier alpha value is -0.770. The molecule has 0 saturated carbocycles. The first-order valence-corrected chi connectivity index (χ1v) is 5.23. The van der Waals surface area contributed by atoms with Crippen LogP contribution >= 0.6 is 11.6 Å². The van der Waals surface area contributed by atoms with Crippen LogP contribution in [0.1, 0.15) is 18.1 Å². The van der Waals surface area contributed by atoms with Crippen molar-refractivity contribution in [3.8, 4) is 5.75 Å². The zero-order valence-electron chi connectivity index (χ0n) is 8.96. The summed E-state index contributed by atoms with van der Waals surface area (Å²) in [5, 5.41) is 13.5. The van der Waals surface area contributed by atoms with Gasteiger partial charge in [-0.05, 0) is 38.2 Å². The van der Waals surface area contributed by atoms with Crippen molar-refractivity contribution in [2.75, 3.05) is 20.7 Å². The number of rotatable bonds is 5. The third kappa shape index (κ3) is 3.38. The van der Waals surface area contributed by atoms with Gasteiger partial charge in [-0.3, -0.25) is 0 Å². The van der Waals surface area contributed by atoms with Crippen molar-refractivity contribution in [2.24, 2.45) is 0 Å². The van der Waals surface area contributed by atoms with E-state index in [1.54, 1.807) is 25.3 Å². The molecule has 2 N–H and O–H groups in total. The second-order valence-corrected chi connectivity index (χ2v) is 3.73. The highest BCUT2D eigenvalue weighted by Crippen LogP contribution is 2.29. The Morgan fingerprint density at radius 2 is 2.27 bits per heavy atom. The largest absolute Gasteiger partial charge is 0.496 e. The lowest BCUT2D eigenvalue weighted by molar-refractivity contribution is 0.163. The van der Waals surface area contributed by atoms with Gasteiger partial charge in [0.2, 0.25) is 0 Å². The normalized spacial score (nSPS) is 12.5. The average Bonchev–Trinajstić information content (AvgIpc) is 2.25. The van der Waals surface area contributed by atoms with Crippen LogP contribution in [0.25, 0.3) is 0 Å². The Morgan fingerprint density at radius 1 is 1.53 bits per heavy atom. The number of ether oxygens (including phenoxy) is 1. The Bertz CT molecular complexity index is 317. The number of methoxy groups -OCH3 is 1. The summed E-state index contributed by atoms with van der Waals surface area (Å²) in [6, 6.07) is 5.25. The van der Waals surface area contributed by atoms with Gasteiger partial charge < -0.3 is 15.2 Å². The third-order valence-corrected chi connectivity index (χ3v) is 2.45. The van der Waals surface area contributed by atoms with E-state index in [0.717, 1.165) is 12.1 Å². The molecule has 0 fully saturated rings. The second-order valence-electron chi connectivity index (χ2n) is 3.29. The van der Waals surface area contributed by atoms with E-state index in [0.29, 0.717) is 17.2 Å². The number of benzene rings is 1. The second kappa shape index (κ2) is 5.95. The van der Waals surface area contributed by atoms with Crippen molar-refractivity contribution in [3.63, 3.8) is 0 Å². The summed E-state index contributed by atoms with van der Waals surface area (Å²) < 4.78 is 5.16. The molecular weight excluding hydrogens is 214 g/mol. The van der Waals surface area contributed by atoms with Crippen LogP contribution in [0.5, 0.6) is 5.75 Å². The number of nitrogens with one attached hydrogen (secondary N) is 1. The fourth-order valence-corrected chi connectivity index (χ4v) is 1.58. The molecule has 4 heteroatoms. The van der Waals surface area contributed by atoms with Crippen LogP contribution in [0.15, 0.2) is 18.2 Å². The molecule has 0 aliphatic heterocycles. The summed E-state index contributed by atoms with van der Waals surface area (Å²) in [7, 11) is 3.43. The van der Waals surface area contributed by atoms with E-state index in [1.807, 2.05) is 7.05 Å². The van der Waals surface area contributed by atoms with Crippen molar-refractivity contribution in [1.82, 2.24) is 5.32 Å². The minimum atomic E-state index is -0.550. The summed E-state index contributed by atoms with van der Waals surface area (Å²) >= 11 is 5.87. The highest BCUT2D eigenvalue weighted by Gasteiger charge is 2.13. The van der Waals surface area contributed by atoms with Gasteiger partial charge in [0.05, 0.1) is 13.2 Å². The molecule has 1 aromatic carbocycles. The highest BCUT2D eigenvalue weighted by molar-refractivity contribution is 6.30. The Labute approximate surface area is 95.0 Å². The summed E-state index contributed by atoms with van der Waals surface area (Å²) in [6.45, 7) is 0.747. The Balaban J connectivity index is 2.85. The summed E-state index contributed by atoms with van der Waals surface area (Å²) in [4.78, 5) is 0. The lowest BCUT2D eigenvalue weighted by atomic mass is 10.1. The first kappa shape index (κ1) is 12.3. The molecule has 1 aromatic rings. The number of hydrogen-bond acceptors (Lipinski definition) is 3. The average molecular weight is 230 g/mol. The van der Waals surface area contributed by atoms with E-state index in [1.165, 1.54) is 0 Å². The molecule has 1 atom stereocenters. The summed E-state index contributed by atoms with van der Waals surface area (Å²) in [6.07, 6.45) is 0.0822. The van der Waals surface area contributed by atoms with Crippen LogP contribution in [-0.2, 0) is 0 Å². The van der Waals surface area contributed by atoms with E-state index in [2.05, 4.69) is 5.32 Å². The highest BCUT2D eigenvalue weighted by atomic mass is 35.5. The van der Waals surface area contributed by atoms with Crippen LogP contribution in [0.3, 0.4) is 0 Å². The number of halogens is 1. The predicted molar refractivity (Wildman–Crippen MR) is 61.5 cm³/mol. The van der Waals surface area contributed by atoms with Gasteiger partial charge in [0, 0.05) is 10.6 Å². The molecular formula is C11H16ClNO2. The molecule has 0 spiro atoms. The first-order valence-electron chi connectivity index (χ1n) is 4.85. The molecule has 0 amide bonds. The van der Waals surface area contributed by atoms with E-state index in [-0.39, 0.29) is 0 Å². The van der Waals surface area contributed by atoms with E-state index >= 15 is 0 Å². The third-order valence-electron chi connectivity index (χ3n) is 2.22. The summed E-state index contributed by atoms with van der Waals surface area (Å²) in [5.41, 5.74) is 0.736. The standard InChI is InChI=1S/C11H16ClNO2/c1-13-6-5-10(14)9-7-8(12)3-4-11(9)15-2/h3-4,7,10,13-14H,5-6H2,1-2H3. The molecule has 3 nitrogen and oxygen atoms in total. The van der Waals surface area contributed by atoms with Gasteiger partial charge in [-0.1, -0.05) is 11.6 Å². The van der Waals surface area contributed by atoms with Crippen molar-refractivity contribution in [3.05, 3.63) is 28.8 Å². The zero-order valence-corrected chi connectivity index (χ0v) is 9.71. The van der Waals surface area contributed by atoms with Gasteiger partial charge in [-0.15, -0.1) is 0 Å². The Kier molecular flexibility index (Phi) is 4.88. The van der Waals surface area contributed by atoms with Crippen LogP contribution < -0.4 is 10.1 Å². The quantitative estimate of drug-likeness (QED) is 0.812. The fraction of sp³-hybridized carbons (Fsp3) is 0.455. The van der Waals surface area contributed by atoms with Gasteiger partial charge in [0.25, 0.3) is 0 Å². The van der Waals surface area contributed by atoms with E-state index in [9.17, 15) is 5.11 Å². The smallest absolute Gasteiger partial charge is 0.124 e. The van der Waals surface area contributed by atoms with Crippen molar-refractivity contribution >= 4 is 11.6 Å². The molecule has 1 unspecified atom stereocenters. The maximum Gasteiger partial charge on any atom is 0.124 e. The van der Waals surface area contributed by atoms with Crippen molar-refractivity contribution in [1.29, 1.82) is 0 Å². The minimum absolute atomic E-state index is 0.550. The molecule has 0 saturated heterocycles. The maximum atomic E-state index is 9.91. The molecule has 0 bridgehead atoms. The van der Waals surface area contributed by atoms with E-state index in [4.69, 9.17) is 16.3 Å². The molecule has 0 radical (unpaired) electrons. The van der Waals surface area contributed by atoms with Crippen molar-refractivity contribution < 1.29 is 9.84 Å². The monoisotopic (exact) mass is 229 g/mol. The summed E-state index contributed by atoms with van der Waals surface area (Å²) in [5.74, 6) is 0.669. The van der Waals surface area contributed by atoms with Gasteiger partial charge in [0.15, 0.2) is 0 Å². The SMILES string of the molecule is CNCCC(O)c1cc(Cl)ccc1OC. The fourth-order valence-electron chi connectivity index (χ4n) is 1.40.